The summed E-state index contributed by atoms with van der Waals surface area (Å²) in [6.07, 6.45) is 4.03. The maximum absolute atomic E-state index is 12.2. The predicted octanol–water partition coefficient (Wildman–Crippen LogP) is 2.15. The topological polar surface area (TPSA) is 67.6 Å². The number of benzene rings is 1. The van der Waals surface area contributed by atoms with Crippen molar-refractivity contribution in [1.29, 1.82) is 0 Å². The van der Waals surface area contributed by atoms with E-state index in [1.165, 1.54) is 11.8 Å². The van der Waals surface area contributed by atoms with E-state index in [0.717, 1.165) is 42.4 Å². The second-order valence-electron chi connectivity index (χ2n) is 6.03. The lowest BCUT2D eigenvalue weighted by atomic mass is 10.2. The summed E-state index contributed by atoms with van der Waals surface area (Å²) in [4.78, 5) is 18.6. The zero-order valence-corrected chi connectivity index (χ0v) is 15.2. The van der Waals surface area contributed by atoms with Gasteiger partial charge in [-0.05, 0) is 30.5 Å². The van der Waals surface area contributed by atoms with Crippen LogP contribution in [-0.4, -0.2) is 51.4 Å². The van der Waals surface area contributed by atoms with Gasteiger partial charge in [0.25, 0.3) is 0 Å². The third-order valence-corrected chi connectivity index (χ3v) is 5.22. The number of aliphatic hydroxyl groups excluding tert-OH is 1. The van der Waals surface area contributed by atoms with Crippen LogP contribution >= 0.6 is 11.8 Å². The van der Waals surface area contributed by atoms with Crippen LogP contribution in [0.15, 0.2) is 35.6 Å². The first-order valence-corrected chi connectivity index (χ1v) is 9.38. The molecule has 0 saturated carbocycles. The van der Waals surface area contributed by atoms with Gasteiger partial charge in [0.15, 0.2) is 5.16 Å². The van der Waals surface area contributed by atoms with Gasteiger partial charge in [-0.25, -0.2) is 4.98 Å². The van der Waals surface area contributed by atoms with E-state index >= 15 is 0 Å². The number of carbonyl (C=O) groups excluding carboxylic acids is 1. The van der Waals surface area contributed by atoms with Crippen LogP contribution in [0.2, 0.25) is 0 Å². The van der Waals surface area contributed by atoms with E-state index in [4.69, 9.17) is 4.74 Å². The molecule has 1 saturated heterocycles. The smallest absolute Gasteiger partial charge is 0.233 e. The van der Waals surface area contributed by atoms with Crippen molar-refractivity contribution in [3.63, 3.8) is 0 Å². The van der Waals surface area contributed by atoms with Gasteiger partial charge in [-0.2, -0.15) is 0 Å². The molecule has 1 fully saturated rings. The van der Waals surface area contributed by atoms with Crippen LogP contribution in [0, 0.1) is 0 Å². The van der Waals surface area contributed by atoms with Gasteiger partial charge in [0, 0.05) is 25.8 Å². The number of amides is 1. The van der Waals surface area contributed by atoms with Crippen molar-refractivity contribution in [3.05, 3.63) is 41.7 Å². The Kier molecular flexibility index (Phi) is 5.99. The molecule has 0 bridgehead atoms. The Morgan fingerprint density at radius 1 is 1.28 bits per heavy atom. The van der Waals surface area contributed by atoms with Crippen molar-refractivity contribution >= 4 is 17.7 Å². The molecule has 0 radical (unpaired) electrons. The average molecular weight is 361 g/mol. The van der Waals surface area contributed by atoms with Gasteiger partial charge >= 0.3 is 0 Å². The maximum atomic E-state index is 12.2. The largest absolute Gasteiger partial charge is 0.497 e. The number of thioether (sulfide) groups is 1. The minimum atomic E-state index is -0.108. The van der Waals surface area contributed by atoms with Gasteiger partial charge in [-0.15, -0.1) is 0 Å². The fraction of sp³-hybridized carbons (Fsp3) is 0.444. The average Bonchev–Trinajstić information content (AvgIpc) is 3.30. The molecule has 0 unspecified atom stereocenters. The Bertz CT molecular complexity index is 709. The van der Waals surface area contributed by atoms with Gasteiger partial charge < -0.3 is 19.3 Å². The van der Waals surface area contributed by atoms with E-state index < -0.39 is 0 Å². The van der Waals surface area contributed by atoms with Crippen LogP contribution in [-0.2, 0) is 17.9 Å². The zero-order chi connectivity index (χ0) is 17.6. The highest BCUT2D eigenvalue weighted by molar-refractivity contribution is 7.99. The van der Waals surface area contributed by atoms with Crippen molar-refractivity contribution in [1.82, 2.24) is 14.5 Å². The first-order chi connectivity index (χ1) is 12.2. The van der Waals surface area contributed by atoms with Crippen molar-refractivity contribution in [2.45, 2.75) is 31.1 Å². The van der Waals surface area contributed by atoms with E-state index in [2.05, 4.69) is 4.98 Å². The molecule has 1 aromatic heterocycles. The fourth-order valence-corrected chi connectivity index (χ4v) is 3.77. The van der Waals surface area contributed by atoms with Crippen LogP contribution in [0.25, 0.3) is 0 Å². The highest BCUT2D eigenvalue weighted by atomic mass is 32.2. The standard InChI is InChI=1S/C18H23N3O3S/c1-24-16-6-4-14(5-7-16)10-21-11-15(12-22)19-18(21)25-13-17(23)20-8-2-3-9-20/h4-7,11,22H,2-3,8-10,12-13H2,1H3. The molecule has 0 aliphatic carbocycles. The number of rotatable bonds is 7. The van der Waals surface area contributed by atoms with Crippen molar-refractivity contribution in [3.8, 4) is 5.75 Å². The van der Waals surface area contributed by atoms with E-state index in [1.54, 1.807) is 7.11 Å². The van der Waals surface area contributed by atoms with E-state index in [-0.39, 0.29) is 12.5 Å². The first-order valence-electron chi connectivity index (χ1n) is 8.40. The molecule has 0 spiro atoms. The summed E-state index contributed by atoms with van der Waals surface area (Å²) in [5, 5.41) is 10.1. The number of aliphatic hydroxyl groups is 1. The summed E-state index contributed by atoms with van der Waals surface area (Å²) in [7, 11) is 1.64. The summed E-state index contributed by atoms with van der Waals surface area (Å²) in [5.41, 5.74) is 1.72. The van der Waals surface area contributed by atoms with E-state index in [9.17, 15) is 9.90 Å². The SMILES string of the molecule is COc1ccc(Cn2cc(CO)nc2SCC(=O)N2CCCC2)cc1. The molecule has 1 aliphatic rings. The van der Waals surface area contributed by atoms with Crippen LogP contribution in [0.3, 0.4) is 0 Å². The van der Waals surface area contributed by atoms with Crippen LogP contribution in [0.4, 0.5) is 0 Å². The molecule has 7 heteroatoms. The third kappa shape index (κ3) is 4.55. The second-order valence-corrected chi connectivity index (χ2v) is 6.97. The van der Waals surface area contributed by atoms with Gasteiger partial charge in [-0.1, -0.05) is 23.9 Å². The Morgan fingerprint density at radius 3 is 2.64 bits per heavy atom. The molecule has 25 heavy (non-hydrogen) atoms. The summed E-state index contributed by atoms with van der Waals surface area (Å²) in [6, 6.07) is 7.84. The Hall–Kier alpha value is -1.99. The van der Waals surface area contributed by atoms with Crippen molar-refractivity contribution < 1.29 is 14.6 Å². The van der Waals surface area contributed by atoms with Crippen molar-refractivity contribution in [2.24, 2.45) is 0 Å². The zero-order valence-electron chi connectivity index (χ0n) is 14.4. The fourth-order valence-electron chi connectivity index (χ4n) is 2.87. The Balaban J connectivity index is 1.67. The molecule has 2 aromatic rings. The number of aromatic nitrogens is 2. The lowest BCUT2D eigenvalue weighted by molar-refractivity contribution is -0.127. The number of ether oxygens (including phenoxy) is 1. The molecule has 6 nitrogen and oxygen atoms in total. The molecule has 2 heterocycles. The number of methoxy groups -OCH3 is 1. The van der Waals surface area contributed by atoms with Gasteiger partial charge in [0.05, 0.1) is 25.2 Å². The highest BCUT2D eigenvalue weighted by Gasteiger charge is 2.19. The third-order valence-electron chi connectivity index (χ3n) is 4.25. The summed E-state index contributed by atoms with van der Waals surface area (Å²) in [6.45, 7) is 2.25. The summed E-state index contributed by atoms with van der Waals surface area (Å²) >= 11 is 1.43. The molecule has 0 atom stereocenters. The van der Waals surface area contributed by atoms with Gasteiger partial charge in [-0.3, -0.25) is 4.79 Å². The number of nitrogens with zero attached hydrogens (tertiary/aromatic N) is 3. The quantitative estimate of drug-likeness (QED) is 0.766. The number of likely N-dealkylation sites (tertiary alicyclic amines) is 1. The minimum Gasteiger partial charge on any atom is -0.497 e. The molecule has 3 rings (SSSR count). The number of hydrogen-bond acceptors (Lipinski definition) is 5. The van der Waals surface area contributed by atoms with Crippen LogP contribution < -0.4 is 4.74 Å². The first kappa shape index (κ1) is 17.8. The monoisotopic (exact) mass is 361 g/mol. The van der Waals surface area contributed by atoms with E-state index in [1.807, 2.05) is 39.9 Å². The number of carbonyl (C=O) groups is 1. The van der Waals surface area contributed by atoms with Gasteiger partial charge in [0.2, 0.25) is 5.91 Å². The molecule has 1 aliphatic heterocycles. The molecular weight excluding hydrogens is 338 g/mol. The summed E-state index contributed by atoms with van der Waals surface area (Å²) in [5.74, 6) is 1.35. The van der Waals surface area contributed by atoms with Crippen LogP contribution in [0.5, 0.6) is 5.75 Å². The van der Waals surface area contributed by atoms with E-state index in [0.29, 0.717) is 18.0 Å². The van der Waals surface area contributed by atoms with Crippen molar-refractivity contribution in [2.75, 3.05) is 26.0 Å². The van der Waals surface area contributed by atoms with Gasteiger partial charge in [0.1, 0.15) is 5.75 Å². The Labute approximate surface area is 151 Å². The molecule has 1 amide bonds. The molecule has 1 aromatic carbocycles. The minimum absolute atomic E-state index is 0.108. The number of hydrogen-bond donors (Lipinski definition) is 1. The highest BCUT2D eigenvalue weighted by Crippen LogP contribution is 2.22. The molecule has 134 valence electrons. The van der Waals surface area contributed by atoms with Crippen LogP contribution in [0.1, 0.15) is 24.1 Å². The molecular formula is C18H23N3O3S. The molecule has 1 N–H and O–H groups in total. The maximum Gasteiger partial charge on any atom is 0.233 e. The summed E-state index contributed by atoms with van der Waals surface area (Å²) < 4.78 is 7.16. The Morgan fingerprint density at radius 2 is 2.00 bits per heavy atom. The second kappa shape index (κ2) is 8.40. The predicted molar refractivity (Wildman–Crippen MR) is 96.8 cm³/mol. The lowest BCUT2D eigenvalue weighted by Gasteiger charge is -2.14. The number of imidazole rings is 1. The normalized spacial score (nSPS) is 14.1. The lowest BCUT2D eigenvalue weighted by Crippen LogP contribution is -2.29.